The first-order valence-electron chi connectivity index (χ1n) is 5.31. The predicted octanol–water partition coefficient (Wildman–Crippen LogP) is 1.82. The Morgan fingerprint density at radius 3 is 3.21 bits per heavy atom. The number of carbonyl (C=O) groups is 1. The molecule has 2 rings (SSSR count). The average Bonchev–Trinajstić information content (AvgIpc) is 2.90. The number of epoxide rings is 1. The van der Waals surface area contributed by atoms with E-state index in [-0.39, 0.29) is 11.6 Å². The highest BCUT2D eigenvalue weighted by Gasteiger charge is 2.55. The van der Waals surface area contributed by atoms with E-state index in [1.165, 1.54) is 18.9 Å². The molecule has 0 aromatic rings. The van der Waals surface area contributed by atoms with Crippen molar-refractivity contribution in [3.05, 3.63) is 12.2 Å². The normalized spacial score (nSPS) is 35.4. The molecular weight excluding hydrogens is 180 g/mol. The molecule has 1 aliphatic heterocycles. The van der Waals surface area contributed by atoms with Crippen LogP contribution in [0.4, 0.5) is 0 Å². The molecular formula is C11H16O3. The highest BCUT2D eigenvalue weighted by atomic mass is 16.6. The number of esters is 1. The zero-order valence-corrected chi connectivity index (χ0v) is 8.49. The van der Waals surface area contributed by atoms with Gasteiger partial charge >= 0.3 is 5.97 Å². The van der Waals surface area contributed by atoms with Crippen LogP contribution in [0.3, 0.4) is 0 Å². The number of ether oxygens (including phenoxy) is 2. The van der Waals surface area contributed by atoms with Crippen molar-refractivity contribution in [2.24, 2.45) is 0 Å². The highest BCUT2D eigenvalue weighted by Crippen LogP contribution is 2.48. The van der Waals surface area contributed by atoms with Gasteiger partial charge in [0.2, 0.25) is 0 Å². The molecule has 0 bridgehead atoms. The molecule has 1 aliphatic carbocycles. The molecule has 0 aromatic carbocycles. The second-order valence-electron chi connectivity index (χ2n) is 3.89. The summed E-state index contributed by atoms with van der Waals surface area (Å²) in [6, 6.07) is 0. The van der Waals surface area contributed by atoms with Gasteiger partial charge in [0.15, 0.2) is 0 Å². The first-order valence-corrected chi connectivity index (χ1v) is 5.31. The van der Waals surface area contributed by atoms with Crippen LogP contribution in [0.5, 0.6) is 0 Å². The lowest BCUT2D eigenvalue weighted by Crippen LogP contribution is -2.16. The van der Waals surface area contributed by atoms with Crippen molar-refractivity contribution in [1.29, 1.82) is 0 Å². The van der Waals surface area contributed by atoms with Crippen molar-refractivity contribution >= 4 is 5.97 Å². The SMILES string of the molecule is CCOC(=O)/C=C/[C@]12CCCC[C@H]1O2. The maximum absolute atomic E-state index is 11.1. The first kappa shape index (κ1) is 9.71. The number of hydrogen-bond acceptors (Lipinski definition) is 3. The second kappa shape index (κ2) is 3.73. The maximum atomic E-state index is 11.1. The minimum Gasteiger partial charge on any atom is -0.463 e. The summed E-state index contributed by atoms with van der Waals surface area (Å²) in [6.07, 6.45) is 8.38. The molecule has 2 aliphatic rings. The van der Waals surface area contributed by atoms with E-state index < -0.39 is 0 Å². The number of fused-ring (bicyclic) bond motifs is 1. The standard InChI is InChI=1S/C11H16O3/c1-2-13-10(12)6-8-11-7-4-3-5-9(11)14-11/h6,8-9H,2-5,7H2,1H3/b8-6+/t9-,11-/m1/s1. The molecule has 0 N–H and O–H groups in total. The van der Waals surface area contributed by atoms with Crippen LogP contribution in [0.15, 0.2) is 12.2 Å². The van der Waals surface area contributed by atoms with Crippen molar-refractivity contribution < 1.29 is 14.3 Å². The van der Waals surface area contributed by atoms with Crippen LogP contribution in [-0.2, 0) is 14.3 Å². The smallest absolute Gasteiger partial charge is 0.330 e. The van der Waals surface area contributed by atoms with E-state index >= 15 is 0 Å². The van der Waals surface area contributed by atoms with Gasteiger partial charge in [0.25, 0.3) is 0 Å². The van der Waals surface area contributed by atoms with Gasteiger partial charge < -0.3 is 9.47 Å². The van der Waals surface area contributed by atoms with Crippen LogP contribution in [0, 0.1) is 0 Å². The van der Waals surface area contributed by atoms with Gasteiger partial charge in [0, 0.05) is 6.08 Å². The lowest BCUT2D eigenvalue weighted by atomic mass is 9.89. The molecule has 2 fully saturated rings. The topological polar surface area (TPSA) is 38.8 Å². The Balaban J connectivity index is 1.88. The van der Waals surface area contributed by atoms with Gasteiger partial charge in [0.1, 0.15) is 5.60 Å². The Morgan fingerprint density at radius 1 is 1.64 bits per heavy atom. The summed E-state index contributed by atoms with van der Waals surface area (Å²) in [5.41, 5.74) is -0.106. The Morgan fingerprint density at radius 2 is 2.50 bits per heavy atom. The van der Waals surface area contributed by atoms with Crippen LogP contribution in [-0.4, -0.2) is 24.3 Å². The van der Waals surface area contributed by atoms with E-state index in [1.807, 2.05) is 6.08 Å². The fourth-order valence-corrected chi connectivity index (χ4v) is 2.11. The minimum absolute atomic E-state index is 0.106. The summed E-state index contributed by atoms with van der Waals surface area (Å²) in [5, 5.41) is 0. The highest BCUT2D eigenvalue weighted by molar-refractivity contribution is 5.82. The molecule has 3 heteroatoms. The van der Waals surface area contributed by atoms with Crippen molar-refractivity contribution in [2.45, 2.75) is 44.3 Å². The van der Waals surface area contributed by atoms with Crippen molar-refractivity contribution in [3.8, 4) is 0 Å². The largest absolute Gasteiger partial charge is 0.463 e. The van der Waals surface area contributed by atoms with Gasteiger partial charge in [0.05, 0.1) is 12.7 Å². The van der Waals surface area contributed by atoms with E-state index in [0.717, 1.165) is 12.8 Å². The zero-order chi connectivity index (χ0) is 10.0. The summed E-state index contributed by atoms with van der Waals surface area (Å²) in [6.45, 7) is 2.24. The summed E-state index contributed by atoms with van der Waals surface area (Å²) in [5.74, 6) is -0.262. The molecule has 78 valence electrons. The monoisotopic (exact) mass is 196 g/mol. The molecule has 0 aromatic heterocycles. The predicted molar refractivity (Wildman–Crippen MR) is 51.8 cm³/mol. The minimum atomic E-state index is -0.262. The molecule has 0 spiro atoms. The second-order valence-corrected chi connectivity index (χ2v) is 3.89. The van der Waals surface area contributed by atoms with Gasteiger partial charge in [-0.15, -0.1) is 0 Å². The molecule has 0 unspecified atom stereocenters. The van der Waals surface area contributed by atoms with E-state index in [2.05, 4.69) is 0 Å². The fourth-order valence-electron chi connectivity index (χ4n) is 2.11. The maximum Gasteiger partial charge on any atom is 0.330 e. The molecule has 1 heterocycles. The van der Waals surface area contributed by atoms with E-state index in [4.69, 9.17) is 9.47 Å². The van der Waals surface area contributed by atoms with E-state index in [9.17, 15) is 4.79 Å². The molecule has 14 heavy (non-hydrogen) atoms. The third kappa shape index (κ3) is 1.82. The first-order chi connectivity index (χ1) is 6.77. The summed E-state index contributed by atoms with van der Waals surface area (Å²) < 4.78 is 10.4. The summed E-state index contributed by atoms with van der Waals surface area (Å²) in [7, 11) is 0. The molecule has 1 saturated carbocycles. The third-order valence-corrected chi connectivity index (χ3v) is 2.92. The Bertz CT molecular complexity index is 259. The van der Waals surface area contributed by atoms with Crippen molar-refractivity contribution in [2.75, 3.05) is 6.61 Å². The van der Waals surface area contributed by atoms with Gasteiger partial charge in [-0.3, -0.25) is 0 Å². The zero-order valence-electron chi connectivity index (χ0n) is 8.49. The quantitative estimate of drug-likeness (QED) is 0.392. The van der Waals surface area contributed by atoms with Crippen LogP contribution < -0.4 is 0 Å². The summed E-state index contributed by atoms with van der Waals surface area (Å²) >= 11 is 0. The van der Waals surface area contributed by atoms with Crippen LogP contribution >= 0.6 is 0 Å². The van der Waals surface area contributed by atoms with Crippen LogP contribution in [0.2, 0.25) is 0 Å². The number of carbonyl (C=O) groups excluding carboxylic acids is 1. The van der Waals surface area contributed by atoms with Gasteiger partial charge in [-0.1, -0.05) is 12.8 Å². The molecule has 0 amide bonds. The fraction of sp³-hybridized carbons (Fsp3) is 0.727. The lowest BCUT2D eigenvalue weighted by Gasteiger charge is -2.12. The third-order valence-electron chi connectivity index (χ3n) is 2.92. The van der Waals surface area contributed by atoms with E-state index in [1.54, 1.807) is 6.92 Å². The summed E-state index contributed by atoms with van der Waals surface area (Å²) in [4.78, 5) is 11.1. The van der Waals surface area contributed by atoms with Crippen LogP contribution in [0.25, 0.3) is 0 Å². The van der Waals surface area contributed by atoms with Gasteiger partial charge in [-0.05, 0) is 25.8 Å². The number of rotatable bonds is 3. The lowest BCUT2D eigenvalue weighted by molar-refractivity contribution is -0.137. The molecule has 2 atom stereocenters. The molecule has 1 saturated heterocycles. The Kier molecular flexibility index (Phi) is 2.59. The molecule has 0 radical (unpaired) electrons. The Labute approximate surface area is 84.1 Å². The molecule has 3 nitrogen and oxygen atoms in total. The van der Waals surface area contributed by atoms with Crippen molar-refractivity contribution in [3.63, 3.8) is 0 Å². The number of hydrogen-bond donors (Lipinski definition) is 0. The Hall–Kier alpha value is -0.830. The van der Waals surface area contributed by atoms with Gasteiger partial charge in [-0.25, -0.2) is 4.79 Å². The van der Waals surface area contributed by atoms with E-state index in [0.29, 0.717) is 12.7 Å². The van der Waals surface area contributed by atoms with Crippen LogP contribution in [0.1, 0.15) is 32.6 Å². The van der Waals surface area contributed by atoms with Gasteiger partial charge in [-0.2, -0.15) is 0 Å². The average molecular weight is 196 g/mol. The van der Waals surface area contributed by atoms with Crippen molar-refractivity contribution in [1.82, 2.24) is 0 Å².